The number of hydrazine groups is 1. The molecule has 1 aliphatic heterocycles. The molecule has 21 heavy (non-hydrogen) atoms. The van der Waals surface area contributed by atoms with E-state index in [4.69, 9.17) is 0 Å². The molecular weight excluding hydrogens is 316 g/mol. The van der Waals surface area contributed by atoms with Gasteiger partial charge in [0.1, 0.15) is 0 Å². The summed E-state index contributed by atoms with van der Waals surface area (Å²) >= 11 is 0. The highest BCUT2D eigenvalue weighted by Crippen LogP contribution is 2.25. The molecule has 7 nitrogen and oxygen atoms in total. The van der Waals surface area contributed by atoms with Gasteiger partial charge in [-0.2, -0.15) is 0 Å². The van der Waals surface area contributed by atoms with Gasteiger partial charge in [0.05, 0.1) is 28.5 Å². The van der Waals surface area contributed by atoms with Crippen molar-refractivity contribution in [2.75, 3.05) is 25.6 Å². The second kappa shape index (κ2) is 5.65. The predicted molar refractivity (Wildman–Crippen MR) is 77.6 cm³/mol. The SMILES string of the molecule is CN(C)N([C@H]1CS(=O)(=O)C[C@H]1O)S(=O)(=O)c1ccccc1. The van der Waals surface area contributed by atoms with E-state index in [0.29, 0.717) is 0 Å². The largest absolute Gasteiger partial charge is 0.390 e. The Morgan fingerprint density at radius 2 is 1.71 bits per heavy atom. The van der Waals surface area contributed by atoms with Gasteiger partial charge in [-0.1, -0.05) is 18.2 Å². The molecule has 0 aromatic heterocycles. The number of benzene rings is 1. The molecule has 0 bridgehead atoms. The monoisotopic (exact) mass is 334 g/mol. The number of hydrogen-bond acceptors (Lipinski definition) is 6. The van der Waals surface area contributed by atoms with Gasteiger partial charge in [0, 0.05) is 14.1 Å². The van der Waals surface area contributed by atoms with Crippen LogP contribution in [0.3, 0.4) is 0 Å². The standard InChI is InChI=1S/C12H18N2O5S2/c1-13(2)14(11-8-20(16,17)9-12(11)15)21(18,19)10-6-4-3-5-7-10/h3-7,11-12,15H,8-9H2,1-2H3/t11-,12+/m0/s1. The van der Waals surface area contributed by atoms with E-state index < -0.39 is 43.5 Å². The van der Waals surface area contributed by atoms with Gasteiger partial charge in [0.25, 0.3) is 10.0 Å². The number of nitrogens with zero attached hydrogens (tertiary/aromatic N) is 2. The molecule has 9 heteroatoms. The molecule has 0 spiro atoms. The minimum Gasteiger partial charge on any atom is -0.390 e. The Labute approximate surface area is 124 Å². The highest BCUT2D eigenvalue weighted by Gasteiger charge is 2.45. The summed E-state index contributed by atoms with van der Waals surface area (Å²) in [5.74, 6) is -0.815. The first-order valence-electron chi connectivity index (χ1n) is 6.30. The van der Waals surface area contributed by atoms with E-state index in [2.05, 4.69) is 0 Å². The fourth-order valence-corrected chi connectivity index (χ4v) is 5.99. The van der Waals surface area contributed by atoms with Gasteiger partial charge in [-0.15, -0.1) is 4.41 Å². The smallest absolute Gasteiger partial charge is 0.256 e. The fraction of sp³-hybridized carbons (Fsp3) is 0.500. The Hall–Kier alpha value is -1.00. The molecule has 1 fully saturated rings. The molecular formula is C12H18N2O5S2. The van der Waals surface area contributed by atoms with Crippen molar-refractivity contribution in [3.63, 3.8) is 0 Å². The van der Waals surface area contributed by atoms with Crippen molar-refractivity contribution in [2.45, 2.75) is 17.0 Å². The summed E-state index contributed by atoms with van der Waals surface area (Å²) in [6.45, 7) is 0. The minimum atomic E-state index is -3.93. The molecule has 118 valence electrons. The first kappa shape index (κ1) is 16.4. The number of aliphatic hydroxyl groups excluding tert-OH is 1. The predicted octanol–water partition coefficient (Wildman–Crippen LogP) is -0.688. The van der Waals surface area contributed by atoms with Crippen molar-refractivity contribution in [3.8, 4) is 0 Å². The van der Waals surface area contributed by atoms with Crippen LogP contribution in [0.1, 0.15) is 0 Å². The minimum absolute atomic E-state index is 0.0511. The van der Waals surface area contributed by atoms with Crippen molar-refractivity contribution in [1.82, 2.24) is 9.42 Å². The highest BCUT2D eigenvalue weighted by molar-refractivity contribution is 7.92. The van der Waals surface area contributed by atoms with Crippen molar-refractivity contribution < 1.29 is 21.9 Å². The number of sulfone groups is 1. The van der Waals surface area contributed by atoms with Crippen molar-refractivity contribution in [2.24, 2.45) is 0 Å². The highest BCUT2D eigenvalue weighted by atomic mass is 32.2. The maximum atomic E-state index is 12.7. The lowest BCUT2D eigenvalue weighted by atomic mass is 10.2. The van der Waals surface area contributed by atoms with E-state index in [1.165, 1.54) is 31.2 Å². The Bertz CT molecular complexity index is 700. The quantitative estimate of drug-likeness (QED) is 0.733. The molecule has 0 aliphatic carbocycles. The van der Waals surface area contributed by atoms with Gasteiger partial charge in [-0.3, -0.25) is 0 Å². The second-order valence-electron chi connectivity index (χ2n) is 5.15. The summed E-state index contributed by atoms with van der Waals surface area (Å²) < 4.78 is 49.6. The zero-order valence-corrected chi connectivity index (χ0v) is 13.4. The van der Waals surface area contributed by atoms with E-state index in [9.17, 15) is 21.9 Å². The van der Waals surface area contributed by atoms with Crippen molar-refractivity contribution >= 4 is 19.9 Å². The van der Waals surface area contributed by atoms with E-state index in [1.54, 1.807) is 18.2 Å². The second-order valence-corrected chi connectivity index (χ2v) is 9.10. The molecule has 0 radical (unpaired) electrons. The molecule has 1 aromatic rings. The Kier molecular flexibility index (Phi) is 4.41. The van der Waals surface area contributed by atoms with Crippen LogP contribution in [0.5, 0.6) is 0 Å². The molecule has 2 atom stereocenters. The Morgan fingerprint density at radius 1 is 1.14 bits per heavy atom. The summed E-state index contributed by atoms with van der Waals surface area (Å²) in [5, 5.41) is 11.2. The van der Waals surface area contributed by atoms with Crippen molar-refractivity contribution in [3.05, 3.63) is 30.3 Å². The normalized spacial score (nSPS) is 25.6. The number of hydrogen-bond donors (Lipinski definition) is 1. The summed E-state index contributed by atoms with van der Waals surface area (Å²) in [5.41, 5.74) is 0. The van der Waals surface area contributed by atoms with Gasteiger partial charge in [0.2, 0.25) is 0 Å². The molecule has 1 aliphatic rings. The zero-order chi connectivity index (χ0) is 15.8. The molecule has 1 saturated heterocycles. The van der Waals surface area contributed by atoms with Crippen LogP contribution in [0.4, 0.5) is 0 Å². The lowest BCUT2D eigenvalue weighted by Crippen LogP contribution is -2.53. The fourth-order valence-electron chi connectivity index (χ4n) is 2.41. The van der Waals surface area contributed by atoms with Crippen LogP contribution in [0.2, 0.25) is 0 Å². The van der Waals surface area contributed by atoms with Crippen LogP contribution in [0, 0.1) is 0 Å². The molecule has 1 heterocycles. The lowest BCUT2D eigenvalue weighted by Gasteiger charge is -2.33. The van der Waals surface area contributed by atoms with Gasteiger partial charge in [-0.25, -0.2) is 21.8 Å². The Balaban J connectivity index is 2.46. The molecule has 1 N–H and O–H groups in total. The maximum Gasteiger partial charge on any atom is 0.256 e. The van der Waals surface area contributed by atoms with Crippen LogP contribution in [0.25, 0.3) is 0 Å². The summed E-state index contributed by atoms with van der Waals surface area (Å²) in [6, 6.07) is 6.71. The average Bonchev–Trinajstić information content (AvgIpc) is 2.63. The van der Waals surface area contributed by atoms with E-state index >= 15 is 0 Å². The molecule has 1 aromatic carbocycles. The van der Waals surface area contributed by atoms with Crippen LogP contribution in [-0.2, 0) is 19.9 Å². The number of sulfonamides is 1. The topological polar surface area (TPSA) is 95.0 Å². The van der Waals surface area contributed by atoms with Gasteiger partial charge >= 0.3 is 0 Å². The van der Waals surface area contributed by atoms with Crippen LogP contribution >= 0.6 is 0 Å². The van der Waals surface area contributed by atoms with Gasteiger partial charge < -0.3 is 5.11 Å². The van der Waals surface area contributed by atoms with Gasteiger partial charge in [-0.05, 0) is 12.1 Å². The zero-order valence-electron chi connectivity index (χ0n) is 11.7. The summed E-state index contributed by atoms with van der Waals surface area (Å²) in [4.78, 5) is 0.0511. The summed E-state index contributed by atoms with van der Waals surface area (Å²) in [7, 11) is -4.38. The number of rotatable bonds is 4. The van der Waals surface area contributed by atoms with E-state index in [-0.39, 0.29) is 4.90 Å². The van der Waals surface area contributed by atoms with Crippen LogP contribution < -0.4 is 0 Å². The van der Waals surface area contributed by atoms with Crippen LogP contribution in [0.15, 0.2) is 35.2 Å². The molecule has 0 saturated carbocycles. The third-order valence-corrected chi connectivity index (χ3v) is 6.92. The third kappa shape index (κ3) is 3.27. The average molecular weight is 334 g/mol. The number of aliphatic hydroxyl groups is 1. The Morgan fingerprint density at radius 3 is 2.14 bits per heavy atom. The van der Waals surface area contributed by atoms with Crippen LogP contribution in [-0.4, -0.2) is 69.1 Å². The molecule has 2 rings (SSSR count). The maximum absolute atomic E-state index is 12.7. The summed E-state index contributed by atoms with van der Waals surface area (Å²) in [6.07, 6.45) is -1.24. The third-order valence-electron chi connectivity index (χ3n) is 3.26. The van der Waals surface area contributed by atoms with E-state index in [1.807, 2.05) is 0 Å². The molecule has 0 unspecified atom stereocenters. The van der Waals surface area contributed by atoms with Gasteiger partial charge in [0.15, 0.2) is 9.84 Å². The molecule has 0 amide bonds. The van der Waals surface area contributed by atoms with E-state index in [0.717, 1.165) is 4.41 Å². The first-order valence-corrected chi connectivity index (χ1v) is 9.56. The lowest BCUT2D eigenvalue weighted by molar-refractivity contribution is 0.0272. The first-order chi connectivity index (χ1) is 9.65. The van der Waals surface area contributed by atoms with Crippen molar-refractivity contribution in [1.29, 1.82) is 0 Å².